The van der Waals surface area contributed by atoms with E-state index in [1.807, 2.05) is 19.3 Å². The van der Waals surface area contributed by atoms with Gasteiger partial charge in [-0.2, -0.15) is 9.61 Å². The Bertz CT molecular complexity index is 1320. The van der Waals surface area contributed by atoms with Crippen LogP contribution in [0.25, 0.3) is 16.6 Å². The van der Waals surface area contributed by atoms with Crippen molar-refractivity contribution in [1.29, 1.82) is 0 Å². The van der Waals surface area contributed by atoms with Crippen LogP contribution in [0.4, 0.5) is 16.0 Å². The molecule has 0 bridgehead atoms. The summed E-state index contributed by atoms with van der Waals surface area (Å²) in [6, 6.07) is 2.55. The van der Waals surface area contributed by atoms with Crippen molar-refractivity contribution in [1.82, 2.24) is 29.4 Å². The quantitative estimate of drug-likeness (QED) is 0.472. The zero-order valence-corrected chi connectivity index (χ0v) is 18.8. The fraction of sp³-hybridized carbons (Fsp3) is 0.455. The van der Waals surface area contributed by atoms with Crippen molar-refractivity contribution in [3.05, 3.63) is 36.2 Å². The van der Waals surface area contributed by atoms with E-state index >= 15 is 0 Å². The summed E-state index contributed by atoms with van der Waals surface area (Å²) in [4.78, 5) is 11.4. The van der Waals surface area contributed by atoms with Crippen LogP contribution in [0.2, 0.25) is 0 Å². The van der Waals surface area contributed by atoms with Crippen LogP contribution in [0.15, 0.2) is 24.5 Å². The highest BCUT2D eigenvalue weighted by Gasteiger charge is 2.27. The number of nitrogens with zero attached hydrogens (tertiary/aromatic N) is 7. The van der Waals surface area contributed by atoms with Gasteiger partial charge in [0.05, 0.1) is 36.5 Å². The number of nitrogen functional groups attached to an aromatic ring is 1. The number of ether oxygens (including phenoxy) is 1. The lowest BCUT2D eigenvalue weighted by Gasteiger charge is -2.32. The van der Waals surface area contributed by atoms with E-state index in [1.165, 1.54) is 23.8 Å². The molecular weight excluding hydrogens is 427 g/mol. The van der Waals surface area contributed by atoms with Gasteiger partial charge in [-0.3, -0.25) is 4.68 Å². The molecule has 0 aliphatic carbocycles. The summed E-state index contributed by atoms with van der Waals surface area (Å²) < 4.78 is 22.7. The minimum absolute atomic E-state index is 0.0705. The summed E-state index contributed by atoms with van der Waals surface area (Å²) in [5, 5.41) is 19.4. The molecule has 4 heterocycles. The molecule has 3 N–H and O–H groups in total. The van der Waals surface area contributed by atoms with E-state index in [0.717, 1.165) is 25.1 Å². The van der Waals surface area contributed by atoms with Gasteiger partial charge >= 0.3 is 0 Å². The van der Waals surface area contributed by atoms with Crippen molar-refractivity contribution >= 4 is 28.2 Å². The number of hydrogen-bond acceptors (Lipinski definition) is 8. The summed E-state index contributed by atoms with van der Waals surface area (Å²) in [7, 11) is 1.46. The zero-order valence-electron chi connectivity index (χ0n) is 18.8. The molecule has 33 heavy (non-hydrogen) atoms. The molecule has 1 aliphatic rings. The maximum atomic E-state index is 14.2. The monoisotopic (exact) mass is 454 g/mol. The van der Waals surface area contributed by atoms with Gasteiger partial charge in [-0.05, 0) is 32.8 Å². The highest BCUT2D eigenvalue weighted by molar-refractivity contribution is 5.95. The standard InChI is InChI=1S/C22H27FN8O2/c1-12(13(2)32)30-11-16(9-25-30)29-6-4-5-14(10-29)20-27-21-17-7-15(23)8-18(33-3)19(17)26-22(24)31(21)28-20/h7-9,11-14,32H,4-6,10H2,1-3H3,(H2,24,26)/t12-,13-,14-/m1/s1. The highest BCUT2D eigenvalue weighted by Crippen LogP contribution is 2.32. The number of halogens is 1. The molecule has 0 unspecified atom stereocenters. The van der Waals surface area contributed by atoms with Crippen molar-refractivity contribution < 1.29 is 14.2 Å². The van der Waals surface area contributed by atoms with Gasteiger partial charge in [0.25, 0.3) is 0 Å². The number of aliphatic hydroxyl groups is 1. The number of rotatable bonds is 5. The van der Waals surface area contributed by atoms with Crippen LogP contribution >= 0.6 is 0 Å². The first-order chi connectivity index (χ1) is 15.9. The third kappa shape index (κ3) is 3.71. The summed E-state index contributed by atoms with van der Waals surface area (Å²) in [6.45, 7) is 5.30. The lowest BCUT2D eigenvalue weighted by atomic mass is 9.97. The predicted molar refractivity (Wildman–Crippen MR) is 122 cm³/mol. The van der Waals surface area contributed by atoms with Crippen LogP contribution < -0.4 is 15.4 Å². The van der Waals surface area contributed by atoms with Crippen LogP contribution in [0.1, 0.15) is 44.5 Å². The Morgan fingerprint density at radius 2 is 2.09 bits per heavy atom. The second kappa shape index (κ2) is 8.14. The fourth-order valence-electron chi connectivity index (χ4n) is 4.37. The second-order valence-corrected chi connectivity index (χ2v) is 8.62. The van der Waals surface area contributed by atoms with Crippen molar-refractivity contribution in [2.24, 2.45) is 0 Å². The summed E-state index contributed by atoms with van der Waals surface area (Å²) in [5.74, 6) is 0.748. The van der Waals surface area contributed by atoms with Gasteiger partial charge in [-0.1, -0.05) is 0 Å². The van der Waals surface area contributed by atoms with Gasteiger partial charge in [0, 0.05) is 31.3 Å². The number of nitrogens with two attached hydrogens (primary N) is 1. The molecule has 11 heteroatoms. The van der Waals surface area contributed by atoms with E-state index in [2.05, 4.69) is 20.1 Å². The van der Waals surface area contributed by atoms with E-state index < -0.39 is 11.9 Å². The minimum atomic E-state index is -0.494. The molecule has 0 saturated carbocycles. The van der Waals surface area contributed by atoms with Gasteiger partial charge in [0.15, 0.2) is 11.5 Å². The van der Waals surface area contributed by atoms with Crippen molar-refractivity contribution in [2.75, 3.05) is 30.8 Å². The van der Waals surface area contributed by atoms with E-state index in [1.54, 1.807) is 11.6 Å². The number of benzene rings is 1. The first-order valence-electron chi connectivity index (χ1n) is 11.0. The van der Waals surface area contributed by atoms with Gasteiger partial charge < -0.3 is 20.5 Å². The average Bonchev–Trinajstić information content (AvgIpc) is 3.47. The van der Waals surface area contributed by atoms with Crippen molar-refractivity contribution in [3.63, 3.8) is 0 Å². The number of hydrogen-bond donors (Lipinski definition) is 2. The van der Waals surface area contributed by atoms with E-state index in [4.69, 9.17) is 15.5 Å². The molecule has 3 aromatic heterocycles. The Balaban J connectivity index is 1.48. The van der Waals surface area contributed by atoms with E-state index in [0.29, 0.717) is 34.7 Å². The smallest absolute Gasteiger partial charge is 0.223 e. The molecule has 0 radical (unpaired) electrons. The molecule has 1 fully saturated rings. The molecular formula is C22H27FN8O2. The lowest BCUT2D eigenvalue weighted by Crippen LogP contribution is -2.34. The number of aromatic nitrogens is 6. The topological polar surface area (TPSA) is 120 Å². The molecule has 174 valence electrons. The Morgan fingerprint density at radius 3 is 2.85 bits per heavy atom. The maximum absolute atomic E-state index is 14.2. The SMILES string of the molecule is COc1cc(F)cc2c1nc(N)n1nc([C@@H]3CCCN(c4cnn([C@H](C)[C@@H](C)O)c4)C3)nc21. The molecule has 1 aromatic carbocycles. The number of anilines is 2. The van der Waals surface area contributed by atoms with Gasteiger partial charge in [0.1, 0.15) is 17.1 Å². The van der Waals surface area contributed by atoms with Crippen LogP contribution in [0.5, 0.6) is 5.75 Å². The van der Waals surface area contributed by atoms with E-state index in [-0.39, 0.29) is 17.9 Å². The molecule has 1 saturated heterocycles. The van der Waals surface area contributed by atoms with Crippen molar-refractivity contribution in [3.8, 4) is 5.75 Å². The largest absolute Gasteiger partial charge is 0.494 e. The Kier molecular flexibility index (Phi) is 5.28. The zero-order chi connectivity index (χ0) is 23.3. The molecule has 10 nitrogen and oxygen atoms in total. The number of methoxy groups -OCH3 is 1. The predicted octanol–water partition coefficient (Wildman–Crippen LogP) is 2.53. The third-order valence-electron chi connectivity index (χ3n) is 6.42. The van der Waals surface area contributed by atoms with Gasteiger partial charge in [-0.15, -0.1) is 5.10 Å². The number of fused-ring (bicyclic) bond motifs is 3. The van der Waals surface area contributed by atoms with Crippen LogP contribution in [-0.2, 0) is 0 Å². The highest BCUT2D eigenvalue weighted by atomic mass is 19.1. The first kappa shape index (κ1) is 21.4. The van der Waals surface area contributed by atoms with Gasteiger partial charge in [0.2, 0.25) is 5.95 Å². The third-order valence-corrected chi connectivity index (χ3v) is 6.42. The average molecular weight is 455 g/mol. The Morgan fingerprint density at radius 1 is 1.27 bits per heavy atom. The fourth-order valence-corrected chi connectivity index (χ4v) is 4.37. The van der Waals surface area contributed by atoms with Crippen molar-refractivity contribution in [2.45, 2.75) is 44.8 Å². The Labute approximate surface area is 189 Å². The molecule has 3 atom stereocenters. The molecule has 4 aromatic rings. The van der Waals surface area contributed by atoms with Crippen LogP contribution in [0.3, 0.4) is 0 Å². The molecule has 0 spiro atoms. The van der Waals surface area contributed by atoms with Gasteiger partial charge in [-0.25, -0.2) is 14.4 Å². The summed E-state index contributed by atoms with van der Waals surface area (Å²) >= 11 is 0. The summed E-state index contributed by atoms with van der Waals surface area (Å²) in [5.41, 5.74) is 8.06. The summed E-state index contributed by atoms with van der Waals surface area (Å²) in [6.07, 6.45) is 5.18. The molecule has 1 aliphatic heterocycles. The van der Waals surface area contributed by atoms with Crippen LogP contribution in [-0.4, -0.2) is 60.8 Å². The molecule has 0 amide bonds. The Hall–Kier alpha value is -3.47. The lowest BCUT2D eigenvalue weighted by molar-refractivity contribution is 0.132. The first-order valence-corrected chi connectivity index (χ1v) is 11.0. The number of aliphatic hydroxyl groups excluding tert-OH is 1. The second-order valence-electron chi connectivity index (χ2n) is 8.62. The maximum Gasteiger partial charge on any atom is 0.223 e. The van der Waals surface area contributed by atoms with E-state index in [9.17, 15) is 9.50 Å². The minimum Gasteiger partial charge on any atom is -0.494 e. The number of piperidine rings is 1. The van der Waals surface area contributed by atoms with Crippen LogP contribution in [0, 0.1) is 5.82 Å². The molecule has 5 rings (SSSR count). The normalized spacial score (nSPS) is 18.7.